The standard InChI is InChI=1S/C19H19NO/c1-2-20-14-8-7-13-19(21)17-11-5-3-9-15(17)16-10-4-6-12-18(16)19/h3-6,9-12,20-21H,2,8,14H2,1H3. The van der Waals surface area contributed by atoms with Gasteiger partial charge in [-0.2, -0.15) is 0 Å². The fraction of sp³-hybridized carbons (Fsp3) is 0.263. The highest BCUT2D eigenvalue weighted by atomic mass is 16.3. The minimum Gasteiger partial charge on any atom is -0.369 e. The van der Waals surface area contributed by atoms with E-state index >= 15 is 0 Å². The Bertz CT molecular complexity index is 663. The molecule has 106 valence electrons. The highest BCUT2D eigenvalue weighted by Crippen LogP contribution is 2.46. The summed E-state index contributed by atoms with van der Waals surface area (Å²) in [5.41, 5.74) is 2.76. The smallest absolute Gasteiger partial charge is 0.178 e. The van der Waals surface area contributed by atoms with Gasteiger partial charge in [-0.1, -0.05) is 67.3 Å². The van der Waals surface area contributed by atoms with E-state index in [1.165, 1.54) is 0 Å². The van der Waals surface area contributed by atoms with Gasteiger partial charge in [0, 0.05) is 24.1 Å². The number of benzene rings is 2. The summed E-state index contributed by atoms with van der Waals surface area (Å²) in [7, 11) is 0. The molecule has 2 aromatic rings. The number of nitrogens with one attached hydrogen (secondary N) is 1. The molecule has 0 aromatic heterocycles. The third-order valence-corrected chi connectivity index (χ3v) is 3.87. The molecule has 0 unspecified atom stereocenters. The van der Waals surface area contributed by atoms with Gasteiger partial charge in [0.25, 0.3) is 0 Å². The average molecular weight is 277 g/mol. The number of hydrogen-bond acceptors (Lipinski definition) is 2. The van der Waals surface area contributed by atoms with E-state index in [0.717, 1.165) is 41.8 Å². The van der Waals surface area contributed by atoms with Crippen molar-refractivity contribution in [3.05, 3.63) is 59.7 Å². The zero-order valence-corrected chi connectivity index (χ0v) is 12.2. The molecule has 0 bridgehead atoms. The second kappa shape index (κ2) is 5.73. The van der Waals surface area contributed by atoms with Crippen LogP contribution < -0.4 is 5.32 Å². The first-order valence-corrected chi connectivity index (χ1v) is 7.40. The molecular weight excluding hydrogens is 258 g/mol. The predicted octanol–water partition coefficient (Wildman–Crippen LogP) is 2.91. The first-order valence-electron chi connectivity index (χ1n) is 7.40. The summed E-state index contributed by atoms with van der Waals surface area (Å²) in [5, 5.41) is 14.4. The molecule has 1 aliphatic carbocycles. The SMILES string of the molecule is CCNCCC#CC1(O)c2ccccc2-c2ccccc21. The summed E-state index contributed by atoms with van der Waals surface area (Å²) in [6, 6.07) is 15.9. The first kappa shape index (κ1) is 13.9. The maximum Gasteiger partial charge on any atom is 0.178 e. The second-order valence-electron chi connectivity index (χ2n) is 5.21. The Hall–Kier alpha value is -2.08. The van der Waals surface area contributed by atoms with Gasteiger partial charge < -0.3 is 10.4 Å². The second-order valence-corrected chi connectivity index (χ2v) is 5.21. The van der Waals surface area contributed by atoms with Crippen LogP contribution in [0.4, 0.5) is 0 Å². The molecule has 0 amide bonds. The van der Waals surface area contributed by atoms with Gasteiger partial charge in [0.05, 0.1) is 0 Å². The number of hydrogen-bond donors (Lipinski definition) is 2. The van der Waals surface area contributed by atoms with Crippen LogP contribution in [0.1, 0.15) is 24.5 Å². The molecule has 2 heteroatoms. The zero-order chi connectivity index (χ0) is 14.7. The van der Waals surface area contributed by atoms with Crippen molar-refractivity contribution in [1.29, 1.82) is 0 Å². The molecule has 0 atom stereocenters. The van der Waals surface area contributed by atoms with E-state index < -0.39 is 5.60 Å². The van der Waals surface area contributed by atoms with Crippen molar-refractivity contribution in [1.82, 2.24) is 5.32 Å². The van der Waals surface area contributed by atoms with Gasteiger partial charge in [-0.05, 0) is 17.7 Å². The van der Waals surface area contributed by atoms with Crippen molar-refractivity contribution in [3.63, 3.8) is 0 Å². The highest BCUT2D eigenvalue weighted by molar-refractivity contribution is 5.81. The molecule has 0 spiro atoms. The summed E-state index contributed by atoms with van der Waals surface area (Å²) in [4.78, 5) is 0. The van der Waals surface area contributed by atoms with Crippen molar-refractivity contribution >= 4 is 0 Å². The maximum absolute atomic E-state index is 11.2. The quantitative estimate of drug-likeness (QED) is 0.668. The Balaban J connectivity index is 2.01. The van der Waals surface area contributed by atoms with Crippen LogP contribution in [0.15, 0.2) is 48.5 Å². The van der Waals surface area contributed by atoms with E-state index in [1.807, 2.05) is 48.5 Å². The predicted molar refractivity (Wildman–Crippen MR) is 85.8 cm³/mol. The van der Waals surface area contributed by atoms with E-state index in [4.69, 9.17) is 0 Å². The molecule has 2 nitrogen and oxygen atoms in total. The Morgan fingerprint density at radius 2 is 1.57 bits per heavy atom. The Morgan fingerprint density at radius 3 is 2.14 bits per heavy atom. The Kier molecular flexibility index (Phi) is 3.79. The largest absolute Gasteiger partial charge is 0.369 e. The lowest BCUT2D eigenvalue weighted by molar-refractivity contribution is 0.150. The van der Waals surface area contributed by atoms with Gasteiger partial charge in [0.15, 0.2) is 5.60 Å². The zero-order valence-electron chi connectivity index (χ0n) is 12.2. The average Bonchev–Trinajstić information content (AvgIpc) is 2.78. The third-order valence-electron chi connectivity index (χ3n) is 3.87. The van der Waals surface area contributed by atoms with Crippen LogP contribution >= 0.6 is 0 Å². The fourth-order valence-corrected chi connectivity index (χ4v) is 2.86. The monoisotopic (exact) mass is 277 g/mol. The van der Waals surface area contributed by atoms with Gasteiger partial charge in [0.1, 0.15) is 0 Å². The molecule has 2 aromatic carbocycles. The molecule has 0 saturated heterocycles. The van der Waals surface area contributed by atoms with Gasteiger partial charge in [-0.25, -0.2) is 0 Å². The number of rotatable bonds is 3. The van der Waals surface area contributed by atoms with Crippen molar-refractivity contribution in [2.45, 2.75) is 18.9 Å². The van der Waals surface area contributed by atoms with Gasteiger partial charge >= 0.3 is 0 Å². The van der Waals surface area contributed by atoms with E-state index in [0.29, 0.717) is 0 Å². The lowest BCUT2D eigenvalue weighted by Gasteiger charge is -2.18. The van der Waals surface area contributed by atoms with Gasteiger partial charge in [0.2, 0.25) is 0 Å². The minimum absolute atomic E-state index is 0.737. The number of aliphatic hydroxyl groups is 1. The van der Waals surface area contributed by atoms with Gasteiger partial charge in [-0.3, -0.25) is 0 Å². The van der Waals surface area contributed by atoms with Crippen LogP contribution in [-0.2, 0) is 5.60 Å². The molecule has 1 aliphatic rings. The molecule has 3 rings (SSSR count). The molecule has 21 heavy (non-hydrogen) atoms. The van der Waals surface area contributed by atoms with Crippen molar-refractivity contribution in [3.8, 4) is 23.0 Å². The van der Waals surface area contributed by atoms with E-state index in [-0.39, 0.29) is 0 Å². The first-order chi connectivity index (χ1) is 10.3. The van der Waals surface area contributed by atoms with Gasteiger partial charge in [-0.15, -0.1) is 0 Å². The van der Waals surface area contributed by atoms with E-state index in [1.54, 1.807) is 0 Å². The molecule has 0 fully saturated rings. The number of fused-ring (bicyclic) bond motifs is 3. The summed E-state index contributed by atoms with van der Waals surface area (Å²) in [6.07, 6.45) is 0.737. The fourth-order valence-electron chi connectivity index (χ4n) is 2.86. The molecular formula is C19H19NO. The highest BCUT2D eigenvalue weighted by Gasteiger charge is 2.39. The molecule has 0 heterocycles. The van der Waals surface area contributed by atoms with Crippen molar-refractivity contribution in [2.24, 2.45) is 0 Å². The molecule has 0 saturated carbocycles. The summed E-state index contributed by atoms with van der Waals surface area (Å²) >= 11 is 0. The summed E-state index contributed by atoms with van der Waals surface area (Å²) in [5.74, 6) is 6.22. The van der Waals surface area contributed by atoms with Crippen LogP contribution in [0.5, 0.6) is 0 Å². The van der Waals surface area contributed by atoms with Crippen LogP contribution in [0, 0.1) is 11.8 Å². The van der Waals surface area contributed by atoms with Crippen LogP contribution in [0.3, 0.4) is 0 Å². The molecule has 0 aliphatic heterocycles. The summed E-state index contributed by atoms with van der Waals surface area (Å²) in [6.45, 7) is 3.87. The minimum atomic E-state index is -1.18. The topological polar surface area (TPSA) is 32.3 Å². The lowest BCUT2D eigenvalue weighted by atomic mass is 9.92. The Labute approximate surface area is 125 Å². The molecule has 2 N–H and O–H groups in total. The van der Waals surface area contributed by atoms with Crippen molar-refractivity contribution < 1.29 is 5.11 Å². The van der Waals surface area contributed by atoms with Crippen LogP contribution in [-0.4, -0.2) is 18.2 Å². The van der Waals surface area contributed by atoms with E-state index in [2.05, 4.69) is 24.1 Å². The normalized spacial score (nSPS) is 14.0. The lowest BCUT2D eigenvalue weighted by Crippen LogP contribution is -2.22. The van der Waals surface area contributed by atoms with Crippen LogP contribution in [0.25, 0.3) is 11.1 Å². The van der Waals surface area contributed by atoms with Crippen molar-refractivity contribution in [2.75, 3.05) is 13.1 Å². The maximum atomic E-state index is 11.2. The molecule has 0 radical (unpaired) electrons. The third kappa shape index (κ3) is 2.35. The van der Waals surface area contributed by atoms with E-state index in [9.17, 15) is 5.11 Å². The van der Waals surface area contributed by atoms with Crippen LogP contribution in [0.2, 0.25) is 0 Å². The summed E-state index contributed by atoms with van der Waals surface area (Å²) < 4.78 is 0. The Morgan fingerprint density at radius 1 is 1.00 bits per heavy atom.